The van der Waals surface area contributed by atoms with Crippen LogP contribution in [0, 0.1) is 0 Å². The number of hydrogen-bond donors (Lipinski definition) is 1. The van der Waals surface area contributed by atoms with E-state index in [2.05, 4.69) is 5.32 Å². The molecule has 4 nitrogen and oxygen atoms in total. The van der Waals surface area contributed by atoms with Crippen LogP contribution in [-0.2, 0) is 9.53 Å². The molecule has 1 unspecified atom stereocenters. The van der Waals surface area contributed by atoms with Crippen LogP contribution in [0.5, 0.6) is 5.75 Å². The summed E-state index contributed by atoms with van der Waals surface area (Å²) in [5, 5.41) is 2.76. The molecular formula is C11H13NO3. The maximum absolute atomic E-state index is 11.5. The van der Waals surface area contributed by atoms with E-state index in [1.807, 2.05) is 24.3 Å². The van der Waals surface area contributed by atoms with Gasteiger partial charge in [-0.15, -0.1) is 0 Å². The van der Waals surface area contributed by atoms with Gasteiger partial charge in [0.05, 0.1) is 13.7 Å². The van der Waals surface area contributed by atoms with Gasteiger partial charge in [0.25, 0.3) is 5.91 Å². The average molecular weight is 207 g/mol. The fourth-order valence-electron chi connectivity index (χ4n) is 1.55. The van der Waals surface area contributed by atoms with E-state index in [9.17, 15) is 4.79 Å². The number of ether oxygens (including phenoxy) is 2. The Bertz CT molecular complexity index is 347. The van der Waals surface area contributed by atoms with Crippen molar-refractivity contribution in [3.05, 3.63) is 29.8 Å². The summed E-state index contributed by atoms with van der Waals surface area (Å²) in [5.41, 5.74) is 0.855. The zero-order valence-corrected chi connectivity index (χ0v) is 8.53. The SMILES string of the molecule is COc1ccc(C2OCCNC2=O)cc1. The topological polar surface area (TPSA) is 47.6 Å². The first-order chi connectivity index (χ1) is 7.31. The van der Waals surface area contributed by atoms with Crippen LogP contribution < -0.4 is 10.1 Å². The smallest absolute Gasteiger partial charge is 0.253 e. The fraction of sp³-hybridized carbons (Fsp3) is 0.364. The predicted octanol–water partition coefficient (Wildman–Crippen LogP) is 0.883. The van der Waals surface area contributed by atoms with Gasteiger partial charge >= 0.3 is 0 Å². The van der Waals surface area contributed by atoms with Gasteiger partial charge < -0.3 is 14.8 Å². The van der Waals surface area contributed by atoms with Crippen LogP contribution in [0.25, 0.3) is 0 Å². The Kier molecular flexibility index (Phi) is 2.87. The van der Waals surface area contributed by atoms with Gasteiger partial charge in [-0.25, -0.2) is 0 Å². The number of amides is 1. The molecule has 1 fully saturated rings. The quantitative estimate of drug-likeness (QED) is 0.783. The minimum absolute atomic E-state index is 0.0774. The molecule has 2 rings (SSSR count). The molecule has 1 aliphatic rings. The maximum atomic E-state index is 11.5. The molecule has 1 amide bonds. The number of benzene rings is 1. The van der Waals surface area contributed by atoms with Gasteiger partial charge in [-0.2, -0.15) is 0 Å². The van der Waals surface area contributed by atoms with Crippen LogP contribution >= 0.6 is 0 Å². The van der Waals surface area contributed by atoms with E-state index in [-0.39, 0.29) is 5.91 Å². The second-order valence-electron chi connectivity index (χ2n) is 3.32. The van der Waals surface area contributed by atoms with E-state index in [0.29, 0.717) is 13.2 Å². The van der Waals surface area contributed by atoms with Crippen molar-refractivity contribution in [2.24, 2.45) is 0 Å². The number of rotatable bonds is 2. The highest BCUT2D eigenvalue weighted by molar-refractivity contribution is 5.82. The summed E-state index contributed by atoms with van der Waals surface area (Å²) in [7, 11) is 1.61. The Morgan fingerprint density at radius 2 is 2.13 bits per heavy atom. The third-order valence-corrected chi connectivity index (χ3v) is 2.34. The lowest BCUT2D eigenvalue weighted by molar-refractivity contribution is -0.138. The minimum atomic E-state index is -0.482. The zero-order chi connectivity index (χ0) is 10.7. The molecule has 1 aromatic carbocycles. The molecule has 4 heteroatoms. The Morgan fingerprint density at radius 3 is 2.73 bits per heavy atom. The lowest BCUT2D eigenvalue weighted by atomic mass is 10.1. The Hall–Kier alpha value is -1.55. The van der Waals surface area contributed by atoms with Crippen molar-refractivity contribution in [3.63, 3.8) is 0 Å². The van der Waals surface area contributed by atoms with Crippen LogP contribution in [0.2, 0.25) is 0 Å². The van der Waals surface area contributed by atoms with Gasteiger partial charge in [0.1, 0.15) is 5.75 Å². The summed E-state index contributed by atoms with van der Waals surface area (Å²) >= 11 is 0. The van der Waals surface area contributed by atoms with E-state index in [4.69, 9.17) is 9.47 Å². The molecule has 0 saturated carbocycles. The largest absolute Gasteiger partial charge is 0.497 e. The van der Waals surface area contributed by atoms with E-state index in [1.54, 1.807) is 7.11 Å². The first kappa shape index (κ1) is 9.98. The van der Waals surface area contributed by atoms with Crippen molar-refractivity contribution in [2.45, 2.75) is 6.10 Å². The average Bonchev–Trinajstić information content (AvgIpc) is 2.30. The highest BCUT2D eigenvalue weighted by Gasteiger charge is 2.24. The van der Waals surface area contributed by atoms with Gasteiger partial charge in [0.15, 0.2) is 6.10 Å². The molecule has 0 spiro atoms. The molecule has 1 heterocycles. The molecular weight excluding hydrogens is 194 g/mol. The zero-order valence-electron chi connectivity index (χ0n) is 8.53. The number of methoxy groups -OCH3 is 1. The van der Waals surface area contributed by atoms with Crippen molar-refractivity contribution in [1.82, 2.24) is 5.32 Å². The Labute approximate surface area is 88.2 Å². The molecule has 0 bridgehead atoms. The van der Waals surface area contributed by atoms with E-state index >= 15 is 0 Å². The lowest BCUT2D eigenvalue weighted by Gasteiger charge is -2.22. The summed E-state index contributed by atoms with van der Waals surface area (Å²) in [6, 6.07) is 7.32. The summed E-state index contributed by atoms with van der Waals surface area (Å²) in [6.45, 7) is 1.15. The summed E-state index contributed by atoms with van der Waals surface area (Å²) < 4.78 is 10.4. The number of carbonyl (C=O) groups excluding carboxylic acids is 1. The highest BCUT2D eigenvalue weighted by atomic mass is 16.5. The van der Waals surface area contributed by atoms with E-state index in [0.717, 1.165) is 11.3 Å². The first-order valence-corrected chi connectivity index (χ1v) is 4.84. The van der Waals surface area contributed by atoms with Crippen molar-refractivity contribution >= 4 is 5.91 Å². The molecule has 80 valence electrons. The Balaban J connectivity index is 2.17. The van der Waals surface area contributed by atoms with Gasteiger partial charge in [0, 0.05) is 6.54 Å². The van der Waals surface area contributed by atoms with Crippen LogP contribution in [-0.4, -0.2) is 26.2 Å². The maximum Gasteiger partial charge on any atom is 0.253 e. The van der Waals surface area contributed by atoms with Gasteiger partial charge in [-0.05, 0) is 17.7 Å². The number of hydrogen-bond acceptors (Lipinski definition) is 3. The molecule has 0 aromatic heterocycles. The van der Waals surface area contributed by atoms with Crippen LogP contribution in [0.15, 0.2) is 24.3 Å². The van der Waals surface area contributed by atoms with Crippen LogP contribution in [0.1, 0.15) is 11.7 Å². The molecule has 0 aliphatic carbocycles. The van der Waals surface area contributed by atoms with Crippen molar-refractivity contribution in [1.29, 1.82) is 0 Å². The molecule has 1 atom stereocenters. The van der Waals surface area contributed by atoms with Gasteiger partial charge in [-0.1, -0.05) is 12.1 Å². The summed E-state index contributed by atoms with van der Waals surface area (Å²) in [5.74, 6) is 0.696. The van der Waals surface area contributed by atoms with Crippen LogP contribution in [0.3, 0.4) is 0 Å². The molecule has 1 aliphatic heterocycles. The van der Waals surface area contributed by atoms with E-state index in [1.165, 1.54) is 0 Å². The molecule has 0 radical (unpaired) electrons. The molecule has 1 aromatic rings. The number of morpholine rings is 1. The minimum Gasteiger partial charge on any atom is -0.497 e. The van der Waals surface area contributed by atoms with Gasteiger partial charge in [-0.3, -0.25) is 4.79 Å². The summed E-state index contributed by atoms with van der Waals surface area (Å²) in [6.07, 6.45) is -0.482. The number of nitrogens with one attached hydrogen (secondary N) is 1. The van der Waals surface area contributed by atoms with Crippen molar-refractivity contribution in [2.75, 3.05) is 20.3 Å². The number of carbonyl (C=O) groups is 1. The molecule has 1 saturated heterocycles. The third-order valence-electron chi connectivity index (χ3n) is 2.34. The lowest BCUT2D eigenvalue weighted by Crippen LogP contribution is -2.39. The second kappa shape index (κ2) is 4.31. The van der Waals surface area contributed by atoms with Crippen molar-refractivity contribution < 1.29 is 14.3 Å². The van der Waals surface area contributed by atoms with Crippen LogP contribution in [0.4, 0.5) is 0 Å². The Morgan fingerprint density at radius 1 is 1.40 bits per heavy atom. The second-order valence-corrected chi connectivity index (χ2v) is 3.32. The van der Waals surface area contributed by atoms with Gasteiger partial charge in [0.2, 0.25) is 0 Å². The molecule has 15 heavy (non-hydrogen) atoms. The fourth-order valence-corrected chi connectivity index (χ4v) is 1.55. The standard InChI is InChI=1S/C11H13NO3/c1-14-9-4-2-8(3-5-9)10-11(13)12-6-7-15-10/h2-5,10H,6-7H2,1H3,(H,12,13). The predicted molar refractivity (Wildman–Crippen MR) is 54.7 cm³/mol. The molecule has 1 N–H and O–H groups in total. The first-order valence-electron chi connectivity index (χ1n) is 4.84. The third kappa shape index (κ3) is 2.10. The monoisotopic (exact) mass is 207 g/mol. The summed E-state index contributed by atoms with van der Waals surface area (Å²) in [4.78, 5) is 11.5. The van der Waals surface area contributed by atoms with Crippen molar-refractivity contribution in [3.8, 4) is 5.75 Å². The normalized spacial score (nSPS) is 20.9. The highest BCUT2D eigenvalue weighted by Crippen LogP contribution is 2.22. The van der Waals surface area contributed by atoms with E-state index < -0.39 is 6.10 Å².